The van der Waals surface area contributed by atoms with Crippen molar-refractivity contribution in [2.45, 2.75) is 0 Å². The van der Waals surface area contributed by atoms with Crippen LogP contribution in [0, 0.1) is 0 Å². The number of hydrogen-bond donors (Lipinski definition) is 1. The molecule has 0 bridgehead atoms. The second-order valence-electron chi connectivity index (χ2n) is 28.7. The molecule has 22 rings (SSSR count). The van der Waals surface area contributed by atoms with Crippen LogP contribution in [0.25, 0.3) is 175 Å². The fourth-order valence-electron chi connectivity index (χ4n) is 16.9. The number of nitrogens with one attached hydrogen (secondary N) is 1. The predicted octanol–water partition coefficient (Wildman–Crippen LogP) is 31.9. The number of hydrogen-bond acceptors (Lipinski definition) is 4. The number of halogens is 2. The third-order valence-corrected chi connectivity index (χ3v) is 22.2. The monoisotopic (exact) mass is 1520 g/mol. The van der Waals surface area contributed by atoms with E-state index in [2.05, 4.69) is 392 Å². The van der Waals surface area contributed by atoms with Crippen LogP contribution in [-0.4, -0.2) is 0 Å². The lowest BCUT2D eigenvalue weighted by Gasteiger charge is -2.27. The number of fused-ring (bicyclic) bond motifs is 14. The molecule has 548 valence electrons. The maximum absolute atomic E-state index is 6.45. The van der Waals surface area contributed by atoms with E-state index in [1.165, 1.54) is 120 Å². The fourth-order valence-corrected chi connectivity index (χ4v) is 17.1. The molecule has 0 aliphatic heterocycles. The van der Waals surface area contributed by atoms with Gasteiger partial charge >= 0.3 is 0 Å². The first-order chi connectivity index (χ1) is 56.0. The lowest BCUT2D eigenvalue weighted by atomic mass is 9.85. The Hall–Kier alpha value is -14.2. The van der Waals surface area contributed by atoms with Gasteiger partial charge in [0.25, 0.3) is 0 Å². The molecule has 2 aromatic heterocycles. The molecule has 4 nitrogen and oxygen atoms in total. The van der Waals surface area contributed by atoms with E-state index in [1.54, 1.807) is 0 Å². The Labute approximate surface area is 674 Å². The maximum atomic E-state index is 6.45. The summed E-state index contributed by atoms with van der Waals surface area (Å²) in [6.07, 6.45) is 0. The summed E-state index contributed by atoms with van der Waals surface area (Å²) in [6, 6.07) is 151. The van der Waals surface area contributed by atoms with Gasteiger partial charge in [0, 0.05) is 67.1 Å². The molecule has 1 unspecified atom stereocenters. The van der Waals surface area contributed by atoms with Gasteiger partial charge in [-0.15, -0.1) is 0 Å². The Balaban J connectivity index is 0.000000131. The second-order valence-corrected chi connectivity index (χ2v) is 29.1. The lowest BCUT2D eigenvalue weighted by Crippen LogP contribution is -2.10. The second kappa shape index (κ2) is 31.5. The molecule has 1 N–H and O–H groups in total. The van der Waals surface area contributed by atoms with E-state index < -0.39 is 0 Å². The third-order valence-electron chi connectivity index (χ3n) is 22.0. The highest BCUT2D eigenvalue weighted by Crippen LogP contribution is 2.49. The Kier molecular flexibility index (Phi) is 19.8. The minimum absolute atomic E-state index is 0. The number of rotatable bonds is 11. The fraction of sp³-hybridized carbons (Fsp3) is 0. The number of benzene rings is 20. The smallest absolute Gasteiger partial charge is 0.137 e. The average molecular weight is 1520 g/mol. The predicted molar refractivity (Wildman–Crippen MR) is 495 cm³/mol. The number of furan rings is 2. The van der Waals surface area contributed by atoms with Crippen LogP contribution in [0.2, 0.25) is 5.02 Å². The number of para-hydroxylation sites is 2. The van der Waals surface area contributed by atoms with E-state index in [9.17, 15) is 0 Å². The highest BCUT2D eigenvalue weighted by molar-refractivity contribution is 6.92. The molecule has 0 spiro atoms. The number of anilines is 5. The van der Waals surface area contributed by atoms with Gasteiger partial charge in [-0.05, 0) is 216 Å². The minimum atomic E-state index is 0. The molecule has 0 aliphatic rings. The van der Waals surface area contributed by atoms with E-state index in [1.807, 2.05) is 42.5 Å². The van der Waals surface area contributed by atoms with Gasteiger partial charge in [0.1, 0.15) is 22.3 Å². The summed E-state index contributed by atoms with van der Waals surface area (Å²) in [5, 5.41) is 23.8. The van der Waals surface area contributed by atoms with Crippen molar-refractivity contribution in [2.24, 2.45) is 0 Å². The molecular weight excluding hydrogens is 1440 g/mol. The highest BCUT2D eigenvalue weighted by atomic mass is 35.5. The quantitative estimate of drug-likeness (QED) is 0.104. The van der Waals surface area contributed by atoms with E-state index in [-0.39, 0.29) is 14.6 Å². The highest BCUT2D eigenvalue weighted by Gasteiger charge is 2.23. The third kappa shape index (κ3) is 13.7. The Bertz CT molecular complexity index is 7360. The Morgan fingerprint density at radius 2 is 0.539 bits per heavy atom. The van der Waals surface area contributed by atoms with Crippen molar-refractivity contribution in [3.05, 3.63) is 430 Å². The lowest BCUT2D eigenvalue weighted by molar-refractivity contribution is 0.668. The van der Waals surface area contributed by atoms with E-state index >= 15 is 0 Å². The molecule has 0 amide bonds. The average Bonchev–Trinajstić information content (AvgIpc) is 1.57. The normalized spacial score (nSPS) is 11.2. The van der Waals surface area contributed by atoms with Crippen LogP contribution in [0.3, 0.4) is 0 Å². The molecule has 7 heteroatoms. The van der Waals surface area contributed by atoms with Gasteiger partial charge in [-0.1, -0.05) is 339 Å². The summed E-state index contributed by atoms with van der Waals surface area (Å²) in [7, 11) is 0. The topological polar surface area (TPSA) is 41.6 Å². The first kappa shape index (κ1) is 72.4. The van der Waals surface area contributed by atoms with Crippen LogP contribution in [0.4, 0.5) is 33.1 Å². The van der Waals surface area contributed by atoms with E-state index in [4.69, 9.17) is 20.4 Å². The van der Waals surface area contributed by atoms with Gasteiger partial charge in [-0.3, -0.25) is 4.70 Å². The maximum Gasteiger partial charge on any atom is 0.137 e. The standard InChI is InChI=1S/C54H35NO.C28H19NO.C26H17Cl.FH.H3P/c1-2-15-38(16-3-1)53-49-24-8-6-21-45(49)46-22-7-9-25-50(46)54(53)39-18-12-19-41(34-39)55(42-32-33-48-47-23-10-11-27-51(47)56-52(48)35-42)40-30-28-37(29-31-40)44-26-13-17-36-14-4-5-20-43(36)44;1-2-8-23-19(6-1)7-5-10-24(23)20-12-14-21(15-13-20)29-22-16-17-26-25-9-3-4-11-27(25)30-28(26)18-22;27-20-12-8-11-19(17-20)26-24-16-7-5-14-22(24)21-13-4-6-15-23(21)25(26)18-9-2-1-3-10-18;;/h1-35H;1-18,29H;1-17H;1H;1H3. The van der Waals surface area contributed by atoms with E-state index in [0.29, 0.717) is 0 Å². The molecule has 0 saturated heterocycles. The van der Waals surface area contributed by atoms with Crippen LogP contribution in [-0.2, 0) is 0 Å². The molecule has 20 aromatic carbocycles. The molecule has 0 radical (unpaired) electrons. The van der Waals surface area contributed by atoms with Gasteiger partial charge in [0.2, 0.25) is 0 Å². The van der Waals surface area contributed by atoms with Crippen molar-refractivity contribution < 1.29 is 13.5 Å². The van der Waals surface area contributed by atoms with Crippen molar-refractivity contribution in [1.29, 1.82) is 0 Å². The Morgan fingerprint density at radius 3 is 1.03 bits per heavy atom. The van der Waals surface area contributed by atoms with Crippen molar-refractivity contribution in [3.8, 4) is 66.8 Å². The van der Waals surface area contributed by atoms with Crippen LogP contribution in [0.1, 0.15) is 0 Å². The van der Waals surface area contributed by atoms with Crippen molar-refractivity contribution >= 4 is 158 Å². The molecule has 2 heterocycles. The van der Waals surface area contributed by atoms with Crippen molar-refractivity contribution in [3.63, 3.8) is 0 Å². The molecule has 0 saturated carbocycles. The molecule has 1 atom stereocenters. The largest absolute Gasteiger partial charge is 0.456 e. The van der Waals surface area contributed by atoms with Crippen LogP contribution in [0.5, 0.6) is 0 Å². The van der Waals surface area contributed by atoms with Crippen molar-refractivity contribution in [1.82, 2.24) is 0 Å². The Morgan fingerprint density at radius 1 is 0.209 bits per heavy atom. The summed E-state index contributed by atoms with van der Waals surface area (Å²) in [5.74, 6) is 0. The van der Waals surface area contributed by atoms with Gasteiger partial charge in [0.05, 0.1) is 0 Å². The molecule has 0 fully saturated rings. The molecular formula is C108H75ClFN2O2P. The van der Waals surface area contributed by atoms with Gasteiger partial charge in [0.15, 0.2) is 0 Å². The van der Waals surface area contributed by atoms with Gasteiger partial charge in [-0.25, -0.2) is 0 Å². The minimum Gasteiger partial charge on any atom is -0.456 e. The zero-order valence-electron chi connectivity index (χ0n) is 62.7. The van der Waals surface area contributed by atoms with Gasteiger partial charge in [-0.2, -0.15) is 9.90 Å². The SMILES string of the molecule is Clc1cccc(-c2c(-c3ccccc3)c3ccccc3c3ccccc23)c1.F.P.c1ccc(-c2c(-c3cccc(N(c4ccc(-c5cccc6ccccc56)cc4)c4ccc5c(c4)oc4ccccc45)c3)c3ccccc3c3ccccc23)cc1.c1ccc2c(-c3ccc(Nc4ccc5c(c4)oc4ccccc45)cc3)cccc2c1. The molecule has 115 heavy (non-hydrogen) atoms. The zero-order chi connectivity index (χ0) is 75.1. The van der Waals surface area contributed by atoms with Crippen LogP contribution in [0.15, 0.2) is 433 Å². The van der Waals surface area contributed by atoms with Gasteiger partial charge < -0.3 is 19.1 Å². The number of nitrogens with zero attached hydrogens (tertiary/aromatic N) is 1. The van der Waals surface area contributed by atoms with Crippen LogP contribution >= 0.6 is 21.5 Å². The molecule has 22 aromatic rings. The summed E-state index contributed by atoms with van der Waals surface area (Å²) in [4.78, 5) is 2.36. The summed E-state index contributed by atoms with van der Waals surface area (Å²) in [5.41, 5.74) is 23.3. The van der Waals surface area contributed by atoms with E-state index in [0.717, 1.165) is 88.5 Å². The summed E-state index contributed by atoms with van der Waals surface area (Å²) >= 11 is 6.36. The molecule has 0 aliphatic carbocycles. The van der Waals surface area contributed by atoms with Crippen LogP contribution < -0.4 is 10.2 Å². The zero-order valence-corrected chi connectivity index (χ0v) is 64.8. The first-order valence-corrected chi connectivity index (χ1v) is 38.7. The summed E-state index contributed by atoms with van der Waals surface area (Å²) in [6.45, 7) is 0. The van der Waals surface area contributed by atoms with Crippen molar-refractivity contribution in [2.75, 3.05) is 10.2 Å². The first-order valence-electron chi connectivity index (χ1n) is 38.4. The summed E-state index contributed by atoms with van der Waals surface area (Å²) < 4.78 is 12.5.